The molecule has 0 radical (unpaired) electrons. The highest BCUT2D eigenvalue weighted by molar-refractivity contribution is 6.28. The summed E-state index contributed by atoms with van der Waals surface area (Å²) >= 11 is 5.76. The summed E-state index contributed by atoms with van der Waals surface area (Å²) in [7, 11) is 0. The average molecular weight is 272 g/mol. The van der Waals surface area contributed by atoms with Crippen LogP contribution in [0, 0.1) is 6.92 Å². The van der Waals surface area contributed by atoms with Gasteiger partial charge in [-0.2, -0.15) is 4.98 Å². The molecular weight excluding hydrogens is 262 g/mol. The molecule has 0 atom stereocenters. The Balaban J connectivity index is 1.98. The molecule has 0 amide bonds. The number of rotatable bonds is 2. The molecule has 19 heavy (non-hydrogen) atoms. The second kappa shape index (κ2) is 4.82. The van der Waals surface area contributed by atoms with Gasteiger partial charge in [0.2, 0.25) is 11.2 Å². The first kappa shape index (κ1) is 11.9. The van der Waals surface area contributed by atoms with E-state index in [2.05, 4.69) is 15.0 Å². The molecule has 2 heterocycles. The number of aromatic nitrogens is 3. The van der Waals surface area contributed by atoms with Gasteiger partial charge in [-0.1, -0.05) is 18.2 Å². The molecule has 0 spiro atoms. The fraction of sp³-hybridized carbons (Fsp3) is 0.0714. The fourth-order valence-electron chi connectivity index (χ4n) is 1.73. The van der Waals surface area contributed by atoms with E-state index in [0.29, 0.717) is 11.6 Å². The summed E-state index contributed by atoms with van der Waals surface area (Å²) < 4.78 is 5.70. The highest BCUT2D eigenvalue weighted by Gasteiger charge is 2.06. The third-order valence-corrected chi connectivity index (χ3v) is 2.86. The summed E-state index contributed by atoms with van der Waals surface area (Å²) in [6.45, 7) is 1.86. The zero-order chi connectivity index (χ0) is 13.2. The van der Waals surface area contributed by atoms with E-state index >= 15 is 0 Å². The van der Waals surface area contributed by atoms with Crippen molar-refractivity contribution in [2.75, 3.05) is 0 Å². The molecule has 0 aliphatic carbocycles. The quantitative estimate of drug-likeness (QED) is 0.666. The maximum absolute atomic E-state index is 5.76. The molecule has 2 aromatic heterocycles. The van der Waals surface area contributed by atoms with Crippen LogP contribution in [0.5, 0.6) is 11.6 Å². The second-order valence-electron chi connectivity index (χ2n) is 4.09. The van der Waals surface area contributed by atoms with Crippen molar-refractivity contribution in [2.24, 2.45) is 0 Å². The number of pyridine rings is 1. The van der Waals surface area contributed by atoms with Crippen molar-refractivity contribution < 1.29 is 4.74 Å². The van der Waals surface area contributed by atoms with Gasteiger partial charge >= 0.3 is 0 Å². The molecule has 0 aliphatic rings. The highest BCUT2D eigenvalue weighted by atomic mass is 35.5. The molecule has 0 fully saturated rings. The molecule has 1 aromatic carbocycles. The second-order valence-corrected chi connectivity index (χ2v) is 4.43. The topological polar surface area (TPSA) is 47.9 Å². The Hall–Kier alpha value is -2.20. The molecule has 0 saturated heterocycles. The first-order valence-corrected chi connectivity index (χ1v) is 6.12. The Bertz CT molecular complexity index is 746. The normalized spacial score (nSPS) is 10.6. The van der Waals surface area contributed by atoms with Gasteiger partial charge in [0.05, 0.1) is 11.7 Å². The maximum atomic E-state index is 5.76. The number of nitrogens with zero attached hydrogens (tertiary/aromatic N) is 3. The van der Waals surface area contributed by atoms with Gasteiger partial charge in [0.25, 0.3) is 0 Å². The Kier molecular flexibility index (Phi) is 3.01. The number of hydrogen-bond donors (Lipinski definition) is 0. The number of ether oxygens (including phenoxy) is 1. The zero-order valence-electron chi connectivity index (χ0n) is 10.2. The lowest BCUT2D eigenvalue weighted by atomic mass is 10.2. The van der Waals surface area contributed by atoms with E-state index in [-0.39, 0.29) is 5.28 Å². The first-order chi connectivity index (χ1) is 9.22. The van der Waals surface area contributed by atoms with Crippen LogP contribution >= 0.6 is 11.6 Å². The number of aryl methyl sites for hydroxylation is 1. The van der Waals surface area contributed by atoms with Crippen LogP contribution in [0.2, 0.25) is 5.28 Å². The van der Waals surface area contributed by atoms with Gasteiger partial charge in [-0.15, -0.1) is 0 Å². The van der Waals surface area contributed by atoms with Crippen LogP contribution in [0.1, 0.15) is 5.56 Å². The van der Waals surface area contributed by atoms with E-state index < -0.39 is 0 Å². The number of benzene rings is 1. The maximum Gasteiger partial charge on any atom is 0.226 e. The van der Waals surface area contributed by atoms with Gasteiger partial charge < -0.3 is 4.74 Å². The lowest BCUT2D eigenvalue weighted by molar-refractivity contribution is 0.456. The van der Waals surface area contributed by atoms with Crippen LogP contribution in [0.25, 0.3) is 10.9 Å². The molecule has 94 valence electrons. The molecule has 0 N–H and O–H groups in total. The molecule has 3 rings (SSSR count). The van der Waals surface area contributed by atoms with Gasteiger partial charge in [0.1, 0.15) is 5.75 Å². The molecule has 0 saturated carbocycles. The lowest BCUT2D eigenvalue weighted by Crippen LogP contribution is -1.94. The van der Waals surface area contributed by atoms with E-state index in [4.69, 9.17) is 16.3 Å². The Morgan fingerprint density at radius 1 is 1.11 bits per heavy atom. The van der Waals surface area contributed by atoms with Crippen LogP contribution in [-0.2, 0) is 0 Å². The van der Waals surface area contributed by atoms with Crippen molar-refractivity contribution in [1.82, 2.24) is 15.0 Å². The van der Waals surface area contributed by atoms with Crippen LogP contribution in [0.4, 0.5) is 0 Å². The van der Waals surface area contributed by atoms with Crippen LogP contribution < -0.4 is 4.74 Å². The van der Waals surface area contributed by atoms with Gasteiger partial charge in [-0.25, -0.2) is 4.98 Å². The number of hydrogen-bond acceptors (Lipinski definition) is 4. The summed E-state index contributed by atoms with van der Waals surface area (Å²) in [5, 5.41) is 1.17. The largest absolute Gasteiger partial charge is 0.437 e. The Labute approximate surface area is 115 Å². The van der Waals surface area contributed by atoms with E-state index in [1.54, 1.807) is 12.4 Å². The van der Waals surface area contributed by atoms with Gasteiger partial charge in [0.15, 0.2) is 0 Å². The van der Waals surface area contributed by atoms with E-state index in [1.807, 2.05) is 37.3 Å². The molecule has 4 nitrogen and oxygen atoms in total. The van der Waals surface area contributed by atoms with Crippen molar-refractivity contribution in [3.63, 3.8) is 0 Å². The summed E-state index contributed by atoms with van der Waals surface area (Å²) in [4.78, 5) is 12.3. The number of halogens is 1. The first-order valence-electron chi connectivity index (χ1n) is 5.74. The summed E-state index contributed by atoms with van der Waals surface area (Å²) in [6, 6.07) is 9.75. The van der Waals surface area contributed by atoms with E-state index in [0.717, 1.165) is 16.5 Å². The zero-order valence-corrected chi connectivity index (χ0v) is 10.9. The van der Waals surface area contributed by atoms with Crippen LogP contribution in [0.15, 0.2) is 42.7 Å². The van der Waals surface area contributed by atoms with Crippen molar-refractivity contribution in [2.45, 2.75) is 6.92 Å². The number of fused-ring (bicyclic) bond motifs is 1. The van der Waals surface area contributed by atoms with Gasteiger partial charge in [0, 0.05) is 17.1 Å². The Morgan fingerprint density at radius 3 is 2.84 bits per heavy atom. The van der Waals surface area contributed by atoms with E-state index in [9.17, 15) is 0 Å². The smallest absolute Gasteiger partial charge is 0.226 e. The number of para-hydroxylation sites is 1. The third kappa shape index (κ3) is 2.48. The molecule has 0 aliphatic heterocycles. The summed E-state index contributed by atoms with van der Waals surface area (Å²) in [6.07, 6.45) is 3.29. The monoisotopic (exact) mass is 271 g/mol. The summed E-state index contributed by atoms with van der Waals surface area (Å²) in [5.74, 6) is 1.06. The minimum Gasteiger partial charge on any atom is -0.437 e. The fourth-order valence-corrected chi connectivity index (χ4v) is 1.85. The van der Waals surface area contributed by atoms with Crippen LogP contribution in [-0.4, -0.2) is 15.0 Å². The molecular formula is C14H10ClN3O. The Morgan fingerprint density at radius 2 is 1.95 bits per heavy atom. The summed E-state index contributed by atoms with van der Waals surface area (Å²) in [5.41, 5.74) is 1.74. The van der Waals surface area contributed by atoms with Gasteiger partial charge in [-0.05, 0) is 30.7 Å². The predicted octanol–water partition coefficient (Wildman–Crippen LogP) is 3.78. The SMILES string of the molecule is Cc1cnc(Cl)nc1Oc1cnc2ccccc2c1. The third-order valence-electron chi connectivity index (χ3n) is 2.68. The van der Waals surface area contributed by atoms with Crippen molar-refractivity contribution in [1.29, 1.82) is 0 Å². The van der Waals surface area contributed by atoms with Crippen molar-refractivity contribution in [3.8, 4) is 11.6 Å². The van der Waals surface area contributed by atoms with Gasteiger partial charge in [-0.3, -0.25) is 4.98 Å². The predicted molar refractivity (Wildman–Crippen MR) is 73.6 cm³/mol. The molecule has 0 unspecified atom stereocenters. The molecule has 0 bridgehead atoms. The minimum atomic E-state index is 0.161. The van der Waals surface area contributed by atoms with E-state index in [1.165, 1.54) is 0 Å². The average Bonchev–Trinajstić information content (AvgIpc) is 2.43. The molecule has 5 heteroatoms. The highest BCUT2D eigenvalue weighted by Crippen LogP contribution is 2.25. The molecule has 3 aromatic rings. The van der Waals surface area contributed by atoms with Crippen molar-refractivity contribution in [3.05, 3.63) is 53.6 Å². The van der Waals surface area contributed by atoms with Crippen molar-refractivity contribution >= 4 is 22.5 Å². The lowest BCUT2D eigenvalue weighted by Gasteiger charge is -2.07. The van der Waals surface area contributed by atoms with Crippen LogP contribution in [0.3, 0.4) is 0 Å². The standard InChI is InChI=1S/C14H10ClN3O/c1-9-7-17-14(15)18-13(9)19-11-6-10-4-2-3-5-12(10)16-8-11/h2-8H,1H3. The minimum absolute atomic E-state index is 0.161.